The maximum absolute atomic E-state index is 5.82. The van der Waals surface area contributed by atoms with Crippen molar-refractivity contribution in [1.82, 2.24) is 9.80 Å². The van der Waals surface area contributed by atoms with Gasteiger partial charge in [-0.15, -0.1) is 0 Å². The summed E-state index contributed by atoms with van der Waals surface area (Å²) in [7, 11) is 2.18. The van der Waals surface area contributed by atoms with Gasteiger partial charge in [0.05, 0.1) is 12.7 Å². The van der Waals surface area contributed by atoms with Gasteiger partial charge in [0.15, 0.2) is 0 Å². The van der Waals surface area contributed by atoms with Crippen LogP contribution in [0.4, 0.5) is 0 Å². The molecule has 2 N–H and O–H groups in total. The van der Waals surface area contributed by atoms with Crippen molar-refractivity contribution in [3.63, 3.8) is 0 Å². The van der Waals surface area contributed by atoms with E-state index in [4.69, 9.17) is 10.5 Å². The van der Waals surface area contributed by atoms with Crippen molar-refractivity contribution in [2.45, 2.75) is 31.4 Å². The molecule has 0 spiro atoms. The Bertz CT molecular complexity index is 208. The third-order valence-corrected chi connectivity index (χ3v) is 3.49. The normalized spacial score (nSPS) is 27.6. The Labute approximate surface area is 98.7 Å². The summed E-state index contributed by atoms with van der Waals surface area (Å²) in [4.78, 5) is 4.94. The second-order valence-corrected chi connectivity index (χ2v) is 5.12. The minimum absolute atomic E-state index is 0.400. The van der Waals surface area contributed by atoms with Gasteiger partial charge in [-0.3, -0.25) is 4.90 Å². The van der Waals surface area contributed by atoms with E-state index in [9.17, 15) is 0 Å². The van der Waals surface area contributed by atoms with Gasteiger partial charge in [-0.1, -0.05) is 0 Å². The van der Waals surface area contributed by atoms with E-state index in [-0.39, 0.29) is 0 Å². The molecule has 2 rings (SSSR count). The van der Waals surface area contributed by atoms with E-state index in [1.807, 2.05) is 0 Å². The molecular formula is C12H25N3O. The molecule has 0 bridgehead atoms. The first kappa shape index (κ1) is 12.3. The van der Waals surface area contributed by atoms with Gasteiger partial charge in [0.25, 0.3) is 0 Å². The maximum atomic E-state index is 5.82. The van der Waals surface area contributed by atoms with Crippen molar-refractivity contribution < 1.29 is 4.74 Å². The fourth-order valence-electron chi connectivity index (χ4n) is 2.40. The lowest BCUT2D eigenvalue weighted by Gasteiger charge is -2.34. The summed E-state index contributed by atoms with van der Waals surface area (Å²) >= 11 is 0. The smallest absolute Gasteiger partial charge is 0.0829 e. The summed E-state index contributed by atoms with van der Waals surface area (Å²) in [5.74, 6) is 0. The zero-order valence-corrected chi connectivity index (χ0v) is 10.4. The molecule has 16 heavy (non-hydrogen) atoms. The highest BCUT2D eigenvalue weighted by Gasteiger charge is 2.31. The van der Waals surface area contributed by atoms with Gasteiger partial charge in [0.1, 0.15) is 0 Å². The lowest BCUT2D eigenvalue weighted by atomic mass is 10.2. The number of ether oxygens (including phenoxy) is 1. The van der Waals surface area contributed by atoms with Crippen LogP contribution in [0.3, 0.4) is 0 Å². The summed E-state index contributed by atoms with van der Waals surface area (Å²) in [6, 6.07) is 0.822. The zero-order chi connectivity index (χ0) is 11.4. The fourth-order valence-corrected chi connectivity index (χ4v) is 2.40. The van der Waals surface area contributed by atoms with Gasteiger partial charge in [-0.25, -0.2) is 0 Å². The quantitative estimate of drug-likeness (QED) is 0.700. The van der Waals surface area contributed by atoms with Crippen molar-refractivity contribution in [2.24, 2.45) is 5.73 Å². The van der Waals surface area contributed by atoms with E-state index in [1.54, 1.807) is 0 Å². The number of nitrogens with zero attached hydrogens (tertiary/aromatic N) is 2. The highest BCUT2D eigenvalue weighted by Crippen LogP contribution is 2.27. The highest BCUT2D eigenvalue weighted by molar-refractivity contribution is 4.86. The van der Waals surface area contributed by atoms with Crippen molar-refractivity contribution >= 4 is 0 Å². The second kappa shape index (κ2) is 5.96. The van der Waals surface area contributed by atoms with Crippen LogP contribution in [-0.4, -0.2) is 68.3 Å². The first-order valence-electron chi connectivity index (χ1n) is 6.54. The molecule has 0 amide bonds. The van der Waals surface area contributed by atoms with Crippen molar-refractivity contribution in [3.8, 4) is 0 Å². The van der Waals surface area contributed by atoms with Gasteiger partial charge in [0, 0.05) is 25.7 Å². The van der Waals surface area contributed by atoms with Crippen LogP contribution < -0.4 is 5.73 Å². The highest BCUT2D eigenvalue weighted by atomic mass is 16.5. The predicted octanol–water partition coefficient (Wildman–Crippen LogP) is 0.130. The molecular weight excluding hydrogens is 202 g/mol. The molecule has 0 aromatic heterocycles. The summed E-state index contributed by atoms with van der Waals surface area (Å²) in [6.07, 6.45) is 4.25. The number of rotatable bonds is 6. The van der Waals surface area contributed by atoms with E-state index in [0.717, 1.165) is 51.8 Å². The van der Waals surface area contributed by atoms with Crippen LogP contribution in [0.5, 0.6) is 0 Å². The summed E-state index contributed by atoms with van der Waals surface area (Å²) in [5.41, 5.74) is 5.59. The standard InChI is InChI=1S/C12H25N3O/c1-14-7-8-16-12(9-14)10-15(6-2-5-13)11-3-4-11/h11-12H,2-10,13H2,1H3. The fraction of sp³-hybridized carbons (Fsp3) is 1.00. The lowest BCUT2D eigenvalue weighted by molar-refractivity contribution is -0.0368. The van der Waals surface area contributed by atoms with Gasteiger partial charge >= 0.3 is 0 Å². The number of likely N-dealkylation sites (N-methyl/N-ethyl adjacent to an activating group) is 1. The van der Waals surface area contributed by atoms with Crippen LogP contribution >= 0.6 is 0 Å². The predicted molar refractivity (Wildman–Crippen MR) is 65.5 cm³/mol. The molecule has 1 saturated carbocycles. The molecule has 1 aliphatic heterocycles. The molecule has 4 heteroatoms. The number of morpholine rings is 1. The number of hydrogen-bond donors (Lipinski definition) is 1. The molecule has 4 nitrogen and oxygen atoms in total. The van der Waals surface area contributed by atoms with E-state index in [0.29, 0.717) is 6.10 Å². The second-order valence-electron chi connectivity index (χ2n) is 5.12. The van der Waals surface area contributed by atoms with E-state index >= 15 is 0 Å². The topological polar surface area (TPSA) is 41.7 Å². The largest absolute Gasteiger partial charge is 0.374 e. The first-order chi connectivity index (χ1) is 7.79. The molecule has 2 fully saturated rings. The van der Waals surface area contributed by atoms with E-state index in [2.05, 4.69) is 16.8 Å². The SMILES string of the molecule is CN1CCOC(CN(CCCN)C2CC2)C1. The Morgan fingerprint density at radius 1 is 1.44 bits per heavy atom. The average molecular weight is 227 g/mol. The molecule has 1 heterocycles. The van der Waals surface area contributed by atoms with Gasteiger partial charge in [-0.05, 0) is 39.4 Å². The Balaban J connectivity index is 1.75. The first-order valence-corrected chi connectivity index (χ1v) is 6.54. The molecule has 2 aliphatic rings. The van der Waals surface area contributed by atoms with Crippen molar-refractivity contribution in [3.05, 3.63) is 0 Å². The van der Waals surface area contributed by atoms with Crippen LogP contribution in [0.1, 0.15) is 19.3 Å². The molecule has 94 valence electrons. The van der Waals surface area contributed by atoms with E-state index in [1.165, 1.54) is 12.8 Å². The third-order valence-electron chi connectivity index (χ3n) is 3.49. The minimum atomic E-state index is 0.400. The molecule has 0 aromatic rings. The number of nitrogens with two attached hydrogens (primary N) is 1. The van der Waals surface area contributed by atoms with Crippen LogP contribution in [0, 0.1) is 0 Å². The average Bonchev–Trinajstić information content (AvgIpc) is 3.08. The summed E-state index contributed by atoms with van der Waals surface area (Å²) in [6.45, 7) is 6.07. The Morgan fingerprint density at radius 3 is 2.88 bits per heavy atom. The van der Waals surface area contributed by atoms with Gasteiger partial charge in [-0.2, -0.15) is 0 Å². The summed E-state index contributed by atoms with van der Waals surface area (Å²) < 4.78 is 5.82. The van der Waals surface area contributed by atoms with Crippen LogP contribution in [0.2, 0.25) is 0 Å². The lowest BCUT2D eigenvalue weighted by Crippen LogP contribution is -2.46. The van der Waals surface area contributed by atoms with Crippen molar-refractivity contribution in [2.75, 3.05) is 46.4 Å². The number of hydrogen-bond acceptors (Lipinski definition) is 4. The molecule has 0 radical (unpaired) electrons. The third kappa shape index (κ3) is 3.70. The van der Waals surface area contributed by atoms with Crippen molar-refractivity contribution in [1.29, 1.82) is 0 Å². The molecule has 1 atom stereocenters. The maximum Gasteiger partial charge on any atom is 0.0829 e. The summed E-state index contributed by atoms with van der Waals surface area (Å²) in [5, 5.41) is 0. The molecule has 1 saturated heterocycles. The zero-order valence-electron chi connectivity index (χ0n) is 10.4. The van der Waals surface area contributed by atoms with Crippen LogP contribution in [0.25, 0.3) is 0 Å². The molecule has 1 aliphatic carbocycles. The Morgan fingerprint density at radius 2 is 2.25 bits per heavy atom. The molecule has 0 aromatic carbocycles. The van der Waals surface area contributed by atoms with E-state index < -0.39 is 0 Å². The Hall–Kier alpha value is -0.160. The van der Waals surface area contributed by atoms with Crippen LogP contribution in [-0.2, 0) is 4.74 Å². The Kier molecular flexibility index (Phi) is 4.58. The van der Waals surface area contributed by atoms with Gasteiger partial charge < -0.3 is 15.4 Å². The monoisotopic (exact) mass is 227 g/mol. The minimum Gasteiger partial charge on any atom is -0.374 e. The van der Waals surface area contributed by atoms with Crippen LogP contribution in [0.15, 0.2) is 0 Å². The van der Waals surface area contributed by atoms with Gasteiger partial charge in [0.2, 0.25) is 0 Å². The molecule has 1 unspecified atom stereocenters.